The number of ether oxygens (including phenoxy) is 1. The van der Waals surface area contributed by atoms with Crippen molar-refractivity contribution in [3.05, 3.63) is 30.3 Å². The number of oxazole rings is 1. The van der Waals surface area contributed by atoms with Gasteiger partial charge in [0, 0.05) is 30.4 Å². The van der Waals surface area contributed by atoms with E-state index in [1.54, 1.807) is 0 Å². The van der Waals surface area contributed by atoms with Crippen molar-refractivity contribution >= 4 is 39.7 Å². The highest BCUT2D eigenvalue weighted by atomic mass is 16.5. The van der Waals surface area contributed by atoms with Crippen LogP contribution >= 0.6 is 0 Å². The zero-order valence-corrected chi connectivity index (χ0v) is 18.5. The quantitative estimate of drug-likeness (QED) is 0.494. The SMILES string of the molecule is C[C@H]1CCN(c2cc3c4c(c2)nc(-c2ccc5oc(N)nc5c2)n4CCCCO3)[C@@H]1C(N)=O. The summed E-state index contributed by atoms with van der Waals surface area (Å²) in [6.45, 7) is 4.34. The average molecular weight is 447 g/mol. The number of carbonyl (C=O) groups is 1. The van der Waals surface area contributed by atoms with Crippen LogP contribution in [0.1, 0.15) is 26.2 Å². The number of fused-ring (bicyclic) bond motifs is 1. The van der Waals surface area contributed by atoms with Crippen molar-refractivity contribution in [2.24, 2.45) is 11.7 Å². The minimum atomic E-state index is -0.329. The van der Waals surface area contributed by atoms with Gasteiger partial charge < -0.3 is 30.1 Å². The van der Waals surface area contributed by atoms with Crippen LogP contribution in [0.5, 0.6) is 5.75 Å². The molecular weight excluding hydrogens is 420 g/mol. The lowest BCUT2D eigenvalue weighted by Crippen LogP contribution is -2.43. The molecule has 33 heavy (non-hydrogen) atoms. The van der Waals surface area contributed by atoms with E-state index in [9.17, 15) is 4.79 Å². The molecule has 4 aromatic rings. The number of rotatable bonds is 3. The third kappa shape index (κ3) is 3.18. The number of hydrogen-bond donors (Lipinski definition) is 2. The van der Waals surface area contributed by atoms with Crippen molar-refractivity contribution in [1.29, 1.82) is 0 Å². The molecule has 0 bridgehead atoms. The van der Waals surface area contributed by atoms with E-state index in [1.165, 1.54) is 0 Å². The number of primary amides is 1. The summed E-state index contributed by atoms with van der Waals surface area (Å²) in [6, 6.07) is 9.69. The van der Waals surface area contributed by atoms with Crippen LogP contribution in [0.25, 0.3) is 33.5 Å². The van der Waals surface area contributed by atoms with Crippen LogP contribution in [-0.4, -0.2) is 39.6 Å². The second kappa shape index (κ2) is 7.40. The predicted octanol–water partition coefficient (Wildman–Crippen LogP) is 3.30. The maximum absolute atomic E-state index is 12.2. The molecule has 1 amide bonds. The molecule has 2 aliphatic heterocycles. The number of aryl methyl sites for hydroxylation is 1. The second-order valence-corrected chi connectivity index (χ2v) is 9.00. The molecule has 6 rings (SSSR count). The van der Waals surface area contributed by atoms with Crippen LogP contribution in [0.4, 0.5) is 11.7 Å². The minimum absolute atomic E-state index is 0.147. The third-order valence-corrected chi connectivity index (χ3v) is 6.81. The topological polar surface area (TPSA) is 125 Å². The average Bonchev–Trinajstić information content (AvgIpc) is 3.44. The number of nitrogens with zero attached hydrogens (tertiary/aromatic N) is 4. The van der Waals surface area contributed by atoms with E-state index in [-0.39, 0.29) is 23.9 Å². The van der Waals surface area contributed by atoms with Gasteiger partial charge in [-0.3, -0.25) is 4.79 Å². The van der Waals surface area contributed by atoms with Gasteiger partial charge in [0.15, 0.2) is 5.58 Å². The van der Waals surface area contributed by atoms with Crippen LogP contribution in [0, 0.1) is 5.92 Å². The molecule has 0 radical (unpaired) electrons. The molecule has 0 aliphatic carbocycles. The number of amides is 1. The zero-order chi connectivity index (χ0) is 22.7. The minimum Gasteiger partial charge on any atom is -0.491 e. The van der Waals surface area contributed by atoms with Crippen LogP contribution in [0.3, 0.4) is 0 Å². The van der Waals surface area contributed by atoms with Gasteiger partial charge in [-0.25, -0.2) is 4.98 Å². The fraction of sp³-hybridized carbons (Fsp3) is 0.375. The first kappa shape index (κ1) is 19.9. The molecule has 4 heterocycles. The number of aromatic nitrogens is 3. The highest BCUT2D eigenvalue weighted by Crippen LogP contribution is 2.39. The number of carbonyl (C=O) groups excluding carboxylic acids is 1. The normalized spacial score (nSPS) is 20.7. The first-order valence-corrected chi connectivity index (χ1v) is 11.4. The summed E-state index contributed by atoms with van der Waals surface area (Å²) in [4.78, 5) is 23.6. The maximum atomic E-state index is 12.2. The third-order valence-electron chi connectivity index (χ3n) is 6.81. The van der Waals surface area contributed by atoms with Gasteiger partial charge in [0.05, 0.1) is 12.1 Å². The van der Waals surface area contributed by atoms with E-state index in [1.807, 2.05) is 30.3 Å². The summed E-state index contributed by atoms with van der Waals surface area (Å²) in [5.41, 5.74) is 16.5. The molecule has 2 aromatic carbocycles. The van der Waals surface area contributed by atoms with E-state index in [4.69, 9.17) is 25.6 Å². The largest absolute Gasteiger partial charge is 0.491 e. The van der Waals surface area contributed by atoms with Gasteiger partial charge in [0.2, 0.25) is 5.91 Å². The molecule has 1 saturated heterocycles. The van der Waals surface area contributed by atoms with E-state index in [2.05, 4.69) is 21.4 Å². The predicted molar refractivity (Wildman–Crippen MR) is 126 cm³/mol. The highest BCUT2D eigenvalue weighted by Gasteiger charge is 2.36. The van der Waals surface area contributed by atoms with Gasteiger partial charge in [-0.2, -0.15) is 4.98 Å². The van der Waals surface area contributed by atoms with Gasteiger partial charge in [-0.05, 0) is 49.4 Å². The molecule has 0 spiro atoms. The van der Waals surface area contributed by atoms with Crippen molar-refractivity contribution in [2.75, 3.05) is 23.8 Å². The van der Waals surface area contributed by atoms with E-state index in [0.29, 0.717) is 17.7 Å². The number of nitrogens with two attached hydrogens (primary N) is 2. The van der Waals surface area contributed by atoms with Crippen molar-refractivity contribution < 1.29 is 13.9 Å². The van der Waals surface area contributed by atoms with Crippen molar-refractivity contribution in [1.82, 2.24) is 14.5 Å². The van der Waals surface area contributed by atoms with Crippen LogP contribution in [0.2, 0.25) is 0 Å². The van der Waals surface area contributed by atoms with Gasteiger partial charge in [0.25, 0.3) is 6.01 Å². The van der Waals surface area contributed by atoms with Gasteiger partial charge in [-0.1, -0.05) is 6.92 Å². The Morgan fingerprint density at radius 3 is 2.85 bits per heavy atom. The Morgan fingerprint density at radius 1 is 1.12 bits per heavy atom. The van der Waals surface area contributed by atoms with Crippen molar-refractivity contribution in [3.8, 4) is 17.1 Å². The van der Waals surface area contributed by atoms with Crippen molar-refractivity contribution in [3.63, 3.8) is 0 Å². The number of imidazole rings is 1. The standard InChI is InChI=1S/C24H26N6O3/c1-13-6-8-29(20(13)22(25)31)15-11-17-21-19(12-15)32-9-3-2-7-30(21)23(27-17)14-4-5-18-16(10-14)28-24(26)33-18/h4-5,10-13,20H,2-3,6-9H2,1H3,(H2,25,31)(H2,26,28)/t13-,20-/m0/s1. The Hall–Kier alpha value is -3.75. The van der Waals surface area contributed by atoms with Crippen LogP contribution in [0.15, 0.2) is 34.7 Å². The number of nitrogen functional groups attached to an aromatic ring is 1. The lowest BCUT2D eigenvalue weighted by Gasteiger charge is -2.27. The lowest BCUT2D eigenvalue weighted by atomic mass is 10.0. The van der Waals surface area contributed by atoms with Crippen LogP contribution in [-0.2, 0) is 11.3 Å². The van der Waals surface area contributed by atoms with E-state index < -0.39 is 0 Å². The molecule has 2 atom stereocenters. The fourth-order valence-corrected chi connectivity index (χ4v) is 5.24. The maximum Gasteiger partial charge on any atom is 0.292 e. The smallest absolute Gasteiger partial charge is 0.292 e. The molecule has 2 aromatic heterocycles. The lowest BCUT2D eigenvalue weighted by molar-refractivity contribution is -0.119. The molecular formula is C24H26N6O3. The summed E-state index contributed by atoms with van der Waals surface area (Å²) >= 11 is 0. The Labute approximate surface area is 190 Å². The summed E-state index contributed by atoms with van der Waals surface area (Å²) < 4.78 is 13.8. The summed E-state index contributed by atoms with van der Waals surface area (Å²) in [5.74, 6) is 1.54. The van der Waals surface area contributed by atoms with Crippen LogP contribution < -0.4 is 21.1 Å². The Morgan fingerprint density at radius 2 is 2.00 bits per heavy atom. The first-order chi connectivity index (χ1) is 16.0. The van der Waals surface area contributed by atoms with Gasteiger partial charge >= 0.3 is 0 Å². The Bertz CT molecular complexity index is 1390. The van der Waals surface area contributed by atoms with Gasteiger partial charge in [0.1, 0.15) is 28.6 Å². The summed E-state index contributed by atoms with van der Waals surface area (Å²) in [5, 5.41) is 0. The highest BCUT2D eigenvalue weighted by molar-refractivity contribution is 5.92. The monoisotopic (exact) mass is 446 g/mol. The number of benzene rings is 2. The molecule has 9 heteroatoms. The summed E-state index contributed by atoms with van der Waals surface area (Å²) in [6.07, 6.45) is 2.86. The molecule has 4 N–H and O–H groups in total. The molecule has 2 aliphatic rings. The molecule has 0 unspecified atom stereocenters. The first-order valence-electron chi connectivity index (χ1n) is 11.4. The Balaban J connectivity index is 1.53. The molecule has 9 nitrogen and oxygen atoms in total. The van der Waals surface area contributed by atoms with E-state index >= 15 is 0 Å². The molecule has 0 saturated carbocycles. The van der Waals surface area contributed by atoms with E-state index in [0.717, 1.165) is 66.2 Å². The summed E-state index contributed by atoms with van der Waals surface area (Å²) in [7, 11) is 0. The number of anilines is 2. The molecule has 170 valence electrons. The zero-order valence-electron chi connectivity index (χ0n) is 18.5. The fourth-order valence-electron chi connectivity index (χ4n) is 5.24. The van der Waals surface area contributed by atoms with Crippen molar-refractivity contribution in [2.45, 2.75) is 38.8 Å². The number of hydrogen-bond acceptors (Lipinski definition) is 7. The Kier molecular flexibility index (Phi) is 4.46. The molecule has 1 fully saturated rings. The second-order valence-electron chi connectivity index (χ2n) is 9.00. The van der Waals surface area contributed by atoms with Gasteiger partial charge in [-0.15, -0.1) is 0 Å².